The Balaban J connectivity index is 1.53. The summed E-state index contributed by atoms with van der Waals surface area (Å²) in [5.41, 5.74) is 8.71. The van der Waals surface area contributed by atoms with Crippen molar-refractivity contribution in [2.75, 3.05) is 18.8 Å². The molecule has 0 radical (unpaired) electrons. The largest absolute Gasteiger partial charge is 0.368 e. The van der Waals surface area contributed by atoms with E-state index in [1.165, 1.54) is 10.6 Å². The predicted molar refractivity (Wildman–Crippen MR) is 167 cm³/mol. The van der Waals surface area contributed by atoms with E-state index in [0.717, 1.165) is 11.1 Å². The van der Waals surface area contributed by atoms with Crippen LogP contribution in [0.15, 0.2) is 66.1 Å². The predicted octanol–water partition coefficient (Wildman–Crippen LogP) is 3.29. The quantitative estimate of drug-likeness (QED) is 0.284. The van der Waals surface area contributed by atoms with Crippen LogP contribution in [-0.4, -0.2) is 59.1 Å². The van der Waals surface area contributed by atoms with Gasteiger partial charge in [0.25, 0.3) is 11.5 Å². The number of halogens is 1. The number of amides is 2. The molecule has 5 aromatic rings. The number of nitrogen functional groups attached to an aromatic ring is 1. The number of carbonyl (C=O) groups is 2. The Labute approximate surface area is 257 Å². The summed E-state index contributed by atoms with van der Waals surface area (Å²) in [4.78, 5) is 55.6. The lowest BCUT2D eigenvalue weighted by atomic mass is 9.84. The highest BCUT2D eigenvalue weighted by Gasteiger charge is 2.37. The third-order valence-electron chi connectivity index (χ3n) is 7.59. The highest BCUT2D eigenvalue weighted by atomic mass is 35.5. The monoisotopic (exact) mass is 611 g/mol. The maximum absolute atomic E-state index is 13.9. The zero-order valence-corrected chi connectivity index (χ0v) is 25.2. The molecule has 0 bridgehead atoms. The Hall–Kier alpha value is -5.10. The summed E-state index contributed by atoms with van der Waals surface area (Å²) >= 11 is 6.00. The molecule has 224 valence electrons. The zero-order valence-electron chi connectivity index (χ0n) is 24.4. The Morgan fingerprint density at radius 1 is 1.02 bits per heavy atom. The molecule has 13 heteroatoms. The van der Waals surface area contributed by atoms with E-state index < -0.39 is 11.5 Å². The third-order valence-corrected chi connectivity index (χ3v) is 7.84. The molecule has 5 heterocycles. The van der Waals surface area contributed by atoms with Crippen molar-refractivity contribution >= 4 is 40.4 Å². The van der Waals surface area contributed by atoms with Crippen LogP contribution in [0.3, 0.4) is 0 Å². The van der Waals surface area contributed by atoms with Gasteiger partial charge in [0, 0.05) is 84.1 Å². The molecule has 1 aliphatic heterocycles. The number of carbonyl (C=O) groups excluding carboxylic acids is 2. The van der Waals surface area contributed by atoms with Crippen LogP contribution in [-0.2, 0) is 24.9 Å². The Morgan fingerprint density at radius 2 is 1.73 bits per heavy atom. The van der Waals surface area contributed by atoms with Crippen LogP contribution < -0.4 is 16.6 Å². The Morgan fingerprint density at radius 3 is 2.36 bits per heavy atom. The number of rotatable bonds is 7. The average molecular weight is 612 g/mol. The van der Waals surface area contributed by atoms with E-state index in [4.69, 9.17) is 17.3 Å². The second kappa shape index (κ2) is 11.2. The Bertz CT molecular complexity index is 1960. The van der Waals surface area contributed by atoms with E-state index in [2.05, 4.69) is 39.2 Å². The van der Waals surface area contributed by atoms with E-state index in [1.807, 2.05) is 6.20 Å². The van der Waals surface area contributed by atoms with E-state index in [9.17, 15) is 14.4 Å². The summed E-state index contributed by atoms with van der Waals surface area (Å²) in [6, 6.07) is 8.54. The average Bonchev–Trinajstić information content (AvgIpc) is 3.42. The van der Waals surface area contributed by atoms with Crippen molar-refractivity contribution in [2.24, 2.45) is 12.5 Å². The van der Waals surface area contributed by atoms with Gasteiger partial charge >= 0.3 is 0 Å². The molecule has 6 rings (SSSR count). The number of nitrogens with one attached hydrogen (secondary N) is 1. The summed E-state index contributed by atoms with van der Waals surface area (Å²) in [6.45, 7) is 5.19. The van der Waals surface area contributed by atoms with Gasteiger partial charge < -0.3 is 16.0 Å². The lowest BCUT2D eigenvalue weighted by Crippen LogP contribution is -2.56. The lowest BCUT2D eigenvalue weighted by molar-refractivity contribution is -0.142. The number of fused-ring (bicyclic) bond motifs is 1. The van der Waals surface area contributed by atoms with Crippen LogP contribution in [0.5, 0.6) is 0 Å². The van der Waals surface area contributed by atoms with Gasteiger partial charge in [0.1, 0.15) is 17.8 Å². The van der Waals surface area contributed by atoms with Gasteiger partial charge in [-0.15, -0.1) is 0 Å². The van der Waals surface area contributed by atoms with Gasteiger partial charge in [-0.3, -0.25) is 23.6 Å². The molecular weight excluding hydrogens is 582 g/mol. The van der Waals surface area contributed by atoms with E-state index in [-0.39, 0.29) is 41.6 Å². The number of hydrogen-bond acceptors (Lipinski definition) is 8. The van der Waals surface area contributed by atoms with Gasteiger partial charge in [0.05, 0.1) is 6.20 Å². The van der Waals surface area contributed by atoms with Gasteiger partial charge in [-0.1, -0.05) is 37.6 Å². The molecule has 4 aromatic heterocycles. The van der Waals surface area contributed by atoms with Gasteiger partial charge in [-0.05, 0) is 29.2 Å². The highest BCUT2D eigenvalue weighted by molar-refractivity contribution is 6.30. The number of nitrogens with two attached hydrogens (primary N) is 1. The molecule has 1 fully saturated rings. The molecule has 44 heavy (non-hydrogen) atoms. The second-order valence-electron chi connectivity index (χ2n) is 11.7. The minimum Gasteiger partial charge on any atom is -0.368 e. The highest BCUT2D eigenvalue weighted by Crippen LogP contribution is 2.37. The maximum Gasteiger partial charge on any atom is 0.265 e. The molecule has 2 amide bonds. The first-order valence-electron chi connectivity index (χ1n) is 13.9. The van der Waals surface area contributed by atoms with E-state index >= 15 is 0 Å². The number of nitrogens with zero attached hydrogens (tertiary/aromatic N) is 7. The molecule has 0 unspecified atom stereocenters. The molecule has 0 spiro atoms. The lowest BCUT2D eigenvalue weighted by Gasteiger charge is -2.45. The van der Waals surface area contributed by atoms with Crippen LogP contribution >= 0.6 is 11.6 Å². The molecule has 1 aromatic carbocycles. The first-order chi connectivity index (χ1) is 21.0. The van der Waals surface area contributed by atoms with Crippen molar-refractivity contribution in [3.63, 3.8) is 0 Å². The van der Waals surface area contributed by atoms with Crippen molar-refractivity contribution in [3.05, 3.63) is 87.8 Å². The van der Waals surface area contributed by atoms with Crippen LogP contribution in [0, 0.1) is 5.41 Å². The minimum atomic E-state index is -0.625. The second-order valence-corrected chi connectivity index (χ2v) is 12.1. The van der Waals surface area contributed by atoms with Crippen molar-refractivity contribution in [1.82, 2.24) is 39.5 Å². The summed E-state index contributed by atoms with van der Waals surface area (Å²) in [5.74, 6) is -0.733. The van der Waals surface area contributed by atoms with Crippen LogP contribution in [0.25, 0.3) is 33.3 Å². The fraction of sp³-hybridized carbons (Fsp3) is 0.258. The maximum atomic E-state index is 13.9. The first-order valence-corrected chi connectivity index (χ1v) is 14.3. The summed E-state index contributed by atoms with van der Waals surface area (Å²) in [7, 11) is 1.80. The molecule has 0 aliphatic carbocycles. The number of anilines is 1. The molecule has 0 atom stereocenters. The minimum absolute atomic E-state index is 0.00524. The SMILES string of the molecule is Cn1cc(-c2cnc3c(cc(C(=O)NCc4ccc(Cl)cc4)c(=O)n3CC(=O)N3CC(C)(C)C3)c2-c2cnc(N)nc2)cn1. The van der Waals surface area contributed by atoms with E-state index in [0.29, 0.717) is 40.2 Å². The fourth-order valence-electron chi connectivity index (χ4n) is 5.46. The smallest absolute Gasteiger partial charge is 0.265 e. The third kappa shape index (κ3) is 5.63. The molecule has 0 saturated carbocycles. The number of benzene rings is 1. The number of aryl methyl sites for hydroxylation is 1. The normalized spacial score (nSPS) is 14.0. The first kappa shape index (κ1) is 29.0. The van der Waals surface area contributed by atoms with Crippen molar-refractivity contribution in [3.8, 4) is 22.3 Å². The van der Waals surface area contributed by atoms with Crippen molar-refractivity contribution < 1.29 is 9.59 Å². The summed E-state index contributed by atoms with van der Waals surface area (Å²) < 4.78 is 2.93. The topological polar surface area (TPSA) is 154 Å². The standard InChI is InChI=1S/C31H30ClN9O3/c1-31(2)16-40(17-31)25(42)15-41-27-22(8-23(29(41)44)28(43)35-9-18-4-6-21(32)7-5-18)26(19-10-36-30(33)37-11-19)24(13-34-27)20-12-38-39(3)14-20/h4-8,10-14H,9,15-17H2,1-3H3,(H,35,43)(H2,33,36,37). The van der Waals surface area contributed by atoms with E-state index in [1.54, 1.807) is 65.7 Å². The van der Waals surface area contributed by atoms with Gasteiger partial charge in [-0.25, -0.2) is 15.0 Å². The fourth-order valence-corrected chi connectivity index (χ4v) is 5.59. The summed E-state index contributed by atoms with van der Waals surface area (Å²) in [5, 5.41) is 8.17. The molecule has 3 N–H and O–H groups in total. The number of aromatic nitrogens is 6. The molecular formula is C31H30ClN9O3. The molecule has 1 aliphatic rings. The Kier molecular flexibility index (Phi) is 7.38. The van der Waals surface area contributed by atoms with Crippen LogP contribution in [0.1, 0.15) is 29.8 Å². The number of pyridine rings is 2. The van der Waals surface area contributed by atoms with Gasteiger partial charge in [-0.2, -0.15) is 5.10 Å². The van der Waals surface area contributed by atoms with Gasteiger partial charge in [0.2, 0.25) is 11.9 Å². The number of likely N-dealkylation sites (tertiary alicyclic amines) is 1. The molecule has 1 saturated heterocycles. The van der Waals surface area contributed by atoms with Crippen LogP contribution in [0.4, 0.5) is 5.95 Å². The number of hydrogen-bond donors (Lipinski definition) is 2. The zero-order chi connectivity index (χ0) is 31.2. The van der Waals surface area contributed by atoms with Crippen LogP contribution in [0.2, 0.25) is 5.02 Å². The van der Waals surface area contributed by atoms with Crippen molar-refractivity contribution in [2.45, 2.75) is 26.9 Å². The molecule has 12 nitrogen and oxygen atoms in total. The van der Waals surface area contributed by atoms with Crippen molar-refractivity contribution in [1.29, 1.82) is 0 Å². The summed E-state index contributed by atoms with van der Waals surface area (Å²) in [6.07, 6.45) is 8.28. The van der Waals surface area contributed by atoms with Gasteiger partial charge in [0.15, 0.2) is 0 Å².